The number of hydrogen-bond donors (Lipinski definition) is 2. The van der Waals surface area contributed by atoms with Gasteiger partial charge in [0.2, 0.25) is 5.91 Å². The molecular weight excluding hydrogens is 214 g/mol. The van der Waals surface area contributed by atoms with Crippen LogP contribution in [0.15, 0.2) is 0 Å². The highest BCUT2D eigenvalue weighted by molar-refractivity contribution is 5.78. The van der Waals surface area contributed by atoms with Gasteiger partial charge in [-0.3, -0.25) is 9.69 Å². The second kappa shape index (κ2) is 6.97. The first kappa shape index (κ1) is 14.5. The maximum absolute atomic E-state index is 11.8. The van der Waals surface area contributed by atoms with Crippen LogP contribution in [0.3, 0.4) is 0 Å². The predicted octanol–water partition coefficient (Wildman–Crippen LogP) is 0.960. The van der Waals surface area contributed by atoms with Crippen molar-refractivity contribution in [2.75, 3.05) is 19.6 Å². The van der Waals surface area contributed by atoms with Crippen LogP contribution in [-0.2, 0) is 4.79 Å². The second-order valence-corrected chi connectivity index (χ2v) is 5.72. The molecule has 2 atom stereocenters. The zero-order valence-corrected chi connectivity index (χ0v) is 11.4. The second-order valence-electron chi connectivity index (χ2n) is 5.72. The molecule has 1 rings (SSSR count). The number of hydrogen-bond acceptors (Lipinski definition) is 3. The summed E-state index contributed by atoms with van der Waals surface area (Å²) in [4.78, 5) is 13.9. The maximum Gasteiger partial charge on any atom is 0.234 e. The highest BCUT2D eigenvalue weighted by Crippen LogP contribution is 2.08. The molecule has 100 valence electrons. The van der Waals surface area contributed by atoms with E-state index in [1.54, 1.807) is 0 Å². The Kier molecular flexibility index (Phi) is 5.92. The average molecular weight is 241 g/mol. The van der Waals surface area contributed by atoms with Gasteiger partial charge in [0.15, 0.2) is 0 Å². The van der Waals surface area contributed by atoms with Crippen molar-refractivity contribution in [3.63, 3.8) is 0 Å². The van der Waals surface area contributed by atoms with Crippen LogP contribution in [0.1, 0.15) is 40.0 Å². The average Bonchev–Trinajstić information content (AvgIpc) is 2.60. The normalized spacial score (nSPS) is 23.0. The third kappa shape index (κ3) is 6.03. The van der Waals surface area contributed by atoms with E-state index in [4.69, 9.17) is 5.73 Å². The topological polar surface area (TPSA) is 58.4 Å². The molecular formula is C13H27N3O. The van der Waals surface area contributed by atoms with Gasteiger partial charge in [-0.05, 0) is 32.1 Å². The Morgan fingerprint density at radius 3 is 2.65 bits per heavy atom. The summed E-state index contributed by atoms with van der Waals surface area (Å²) in [6.45, 7) is 8.80. The van der Waals surface area contributed by atoms with Gasteiger partial charge < -0.3 is 11.1 Å². The highest BCUT2D eigenvalue weighted by Gasteiger charge is 2.21. The van der Waals surface area contributed by atoms with Crippen LogP contribution < -0.4 is 11.1 Å². The maximum atomic E-state index is 11.8. The molecule has 1 aliphatic rings. The van der Waals surface area contributed by atoms with E-state index in [0.717, 1.165) is 32.4 Å². The Balaban J connectivity index is 2.15. The fourth-order valence-electron chi connectivity index (χ4n) is 2.19. The Bertz CT molecular complexity index is 243. The molecule has 0 spiro atoms. The molecule has 1 saturated heterocycles. The van der Waals surface area contributed by atoms with Gasteiger partial charge in [0.25, 0.3) is 0 Å². The number of likely N-dealkylation sites (tertiary alicyclic amines) is 1. The lowest BCUT2D eigenvalue weighted by Gasteiger charge is -2.18. The van der Waals surface area contributed by atoms with Crippen LogP contribution in [0.5, 0.6) is 0 Å². The number of nitrogens with two attached hydrogens (primary N) is 1. The Labute approximate surface area is 105 Å². The SMILES string of the molecule is CC(C)CCC(C)NC(=O)CN1CCC(N)C1. The van der Waals surface area contributed by atoms with E-state index in [0.29, 0.717) is 12.5 Å². The standard InChI is InChI=1S/C13H27N3O/c1-10(2)4-5-11(3)15-13(17)9-16-7-6-12(14)8-16/h10-12H,4-9,14H2,1-3H3,(H,15,17). The summed E-state index contributed by atoms with van der Waals surface area (Å²) in [6.07, 6.45) is 3.23. The molecule has 0 aromatic rings. The van der Waals surface area contributed by atoms with Crippen molar-refractivity contribution in [2.24, 2.45) is 11.7 Å². The third-order valence-electron chi connectivity index (χ3n) is 3.26. The Morgan fingerprint density at radius 1 is 1.41 bits per heavy atom. The molecule has 0 aromatic carbocycles. The first-order chi connectivity index (χ1) is 7.97. The minimum absolute atomic E-state index is 0.135. The molecule has 0 saturated carbocycles. The van der Waals surface area contributed by atoms with Gasteiger partial charge >= 0.3 is 0 Å². The van der Waals surface area contributed by atoms with Crippen molar-refractivity contribution in [1.29, 1.82) is 0 Å². The summed E-state index contributed by atoms with van der Waals surface area (Å²) >= 11 is 0. The van der Waals surface area contributed by atoms with Crippen LogP contribution in [0, 0.1) is 5.92 Å². The Hall–Kier alpha value is -0.610. The molecule has 0 bridgehead atoms. The number of nitrogens with one attached hydrogen (secondary N) is 1. The minimum Gasteiger partial charge on any atom is -0.353 e. The summed E-state index contributed by atoms with van der Waals surface area (Å²) < 4.78 is 0. The summed E-state index contributed by atoms with van der Waals surface area (Å²) in [5.41, 5.74) is 5.81. The Morgan fingerprint density at radius 2 is 2.12 bits per heavy atom. The number of carbonyl (C=O) groups is 1. The van der Waals surface area contributed by atoms with E-state index >= 15 is 0 Å². The van der Waals surface area contributed by atoms with E-state index in [9.17, 15) is 4.79 Å². The lowest BCUT2D eigenvalue weighted by molar-refractivity contribution is -0.122. The van der Waals surface area contributed by atoms with Crippen molar-refractivity contribution in [3.8, 4) is 0 Å². The van der Waals surface area contributed by atoms with E-state index < -0.39 is 0 Å². The number of amides is 1. The van der Waals surface area contributed by atoms with E-state index in [2.05, 4.69) is 31.0 Å². The monoisotopic (exact) mass is 241 g/mol. The van der Waals surface area contributed by atoms with Gasteiger partial charge in [-0.25, -0.2) is 0 Å². The summed E-state index contributed by atoms with van der Waals surface area (Å²) in [6, 6.07) is 0.530. The van der Waals surface area contributed by atoms with Crippen LogP contribution in [0.25, 0.3) is 0 Å². The van der Waals surface area contributed by atoms with Gasteiger partial charge in [0.1, 0.15) is 0 Å². The fraction of sp³-hybridized carbons (Fsp3) is 0.923. The van der Waals surface area contributed by atoms with Gasteiger partial charge in [-0.1, -0.05) is 13.8 Å². The third-order valence-corrected chi connectivity index (χ3v) is 3.26. The quantitative estimate of drug-likeness (QED) is 0.728. The van der Waals surface area contributed by atoms with Crippen LogP contribution >= 0.6 is 0 Å². The molecule has 17 heavy (non-hydrogen) atoms. The molecule has 2 unspecified atom stereocenters. The van der Waals surface area contributed by atoms with Crippen molar-refractivity contribution in [3.05, 3.63) is 0 Å². The van der Waals surface area contributed by atoms with Crippen molar-refractivity contribution in [2.45, 2.75) is 52.1 Å². The molecule has 3 N–H and O–H groups in total. The lowest BCUT2D eigenvalue weighted by Crippen LogP contribution is -2.41. The molecule has 4 nitrogen and oxygen atoms in total. The van der Waals surface area contributed by atoms with Crippen molar-refractivity contribution >= 4 is 5.91 Å². The van der Waals surface area contributed by atoms with Crippen LogP contribution in [0.4, 0.5) is 0 Å². The lowest BCUT2D eigenvalue weighted by atomic mass is 10.0. The molecule has 0 radical (unpaired) electrons. The fourth-order valence-corrected chi connectivity index (χ4v) is 2.19. The summed E-state index contributed by atoms with van der Waals surface area (Å²) in [5, 5.41) is 3.06. The largest absolute Gasteiger partial charge is 0.353 e. The van der Waals surface area contributed by atoms with Gasteiger partial charge in [0, 0.05) is 25.2 Å². The molecule has 0 aliphatic carbocycles. The summed E-state index contributed by atoms with van der Waals surface area (Å²) in [5.74, 6) is 0.835. The molecule has 4 heteroatoms. The van der Waals surface area contributed by atoms with Crippen molar-refractivity contribution < 1.29 is 4.79 Å². The molecule has 1 aliphatic heterocycles. The van der Waals surface area contributed by atoms with E-state index in [1.807, 2.05) is 0 Å². The molecule has 1 fully saturated rings. The number of rotatable bonds is 6. The van der Waals surface area contributed by atoms with Gasteiger partial charge in [-0.2, -0.15) is 0 Å². The van der Waals surface area contributed by atoms with Crippen molar-refractivity contribution in [1.82, 2.24) is 10.2 Å². The zero-order chi connectivity index (χ0) is 12.8. The molecule has 0 aromatic heterocycles. The zero-order valence-electron chi connectivity index (χ0n) is 11.4. The van der Waals surface area contributed by atoms with E-state index in [-0.39, 0.29) is 18.0 Å². The summed E-state index contributed by atoms with van der Waals surface area (Å²) in [7, 11) is 0. The number of carbonyl (C=O) groups excluding carboxylic acids is 1. The minimum atomic E-state index is 0.135. The van der Waals surface area contributed by atoms with Crippen LogP contribution in [0.2, 0.25) is 0 Å². The first-order valence-corrected chi connectivity index (χ1v) is 6.74. The van der Waals surface area contributed by atoms with Crippen LogP contribution in [-0.4, -0.2) is 42.5 Å². The van der Waals surface area contributed by atoms with Gasteiger partial charge in [-0.15, -0.1) is 0 Å². The first-order valence-electron chi connectivity index (χ1n) is 6.74. The van der Waals surface area contributed by atoms with E-state index in [1.165, 1.54) is 0 Å². The number of nitrogens with zero attached hydrogens (tertiary/aromatic N) is 1. The highest BCUT2D eigenvalue weighted by atomic mass is 16.2. The van der Waals surface area contributed by atoms with Gasteiger partial charge in [0.05, 0.1) is 6.54 Å². The smallest absolute Gasteiger partial charge is 0.234 e. The molecule has 1 heterocycles. The molecule has 1 amide bonds. The predicted molar refractivity (Wildman–Crippen MR) is 70.7 cm³/mol.